The topological polar surface area (TPSA) is 111 Å². The molecule has 28 heavy (non-hydrogen) atoms. The molecule has 0 radical (unpaired) electrons. The Labute approximate surface area is 171 Å². The highest BCUT2D eigenvalue weighted by atomic mass is 35.5. The van der Waals surface area contributed by atoms with Gasteiger partial charge in [0.05, 0.1) is 12.0 Å². The van der Waals surface area contributed by atoms with E-state index in [1.54, 1.807) is 12.1 Å². The van der Waals surface area contributed by atoms with E-state index in [-0.39, 0.29) is 48.6 Å². The minimum Gasteiger partial charge on any atom is -0.378 e. The Morgan fingerprint density at radius 3 is 2.43 bits per heavy atom. The van der Waals surface area contributed by atoms with E-state index in [1.165, 1.54) is 0 Å². The fraction of sp³-hybridized carbons (Fsp3) is 0.550. The van der Waals surface area contributed by atoms with Gasteiger partial charge in [0, 0.05) is 30.6 Å². The van der Waals surface area contributed by atoms with E-state index >= 15 is 0 Å². The van der Waals surface area contributed by atoms with E-state index in [0.717, 1.165) is 5.56 Å². The molecular weight excluding hydrogens is 382 g/mol. The SMILES string of the molecule is CCOC1CC(N)(C(=O)Nc2ccc(CC3CC(=O)NC3=O)cc2)C1(C)C.Cl. The lowest BCUT2D eigenvalue weighted by molar-refractivity contribution is -0.166. The molecule has 0 bridgehead atoms. The van der Waals surface area contributed by atoms with Crippen LogP contribution in [0.4, 0.5) is 5.69 Å². The summed E-state index contributed by atoms with van der Waals surface area (Å²) in [5.74, 6) is -0.998. The molecule has 4 N–H and O–H groups in total. The fourth-order valence-electron chi connectivity index (χ4n) is 3.84. The van der Waals surface area contributed by atoms with E-state index in [9.17, 15) is 14.4 Å². The normalized spacial score (nSPS) is 28.1. The maximum Gasteiger partial charge on any atom is 0.245 e. The maximum atomic E-state index is 12.7. The molecule has 1 aromatic rings. The van der Waals surface area contributed by atoms with E-state index < -0.39 is 11.0 Å². The third kappa shape index (κ3) is 3.92. The summed E-state index contributed by atoms with van der Waals surface area (Å²) in [6, 6.07) is 7.28. The average Bonchev–Trinajstić information content (AvgIpc) is 2.93. The molecule has 3 unspecified atom stereocenters. The molecule has 2 aliphatic rings. The lowest BCUT2D eigenvalue weighted by Gasteiger charge is -2.57. The summed E-state index contributed by atoms with van der Waals surface area (Å²) >= 11 is 0. The third-order valence-electron chi connectivity index (χ3n) is 5.99. The van der Waals surface area contributed by atoms with Gasteiger partial charge < -0.3 is 15.8 Å². The average molecular weight is 410 g/mol. The standard InChI is InChI=1S/C20H27N3O4.ClH/c1-4-27-15-11-20(21,19(15,2)3)18(26)22-14-7-5-12(6-8-14)9-13-10-16(24)23-17(13)25;/h5-8,13,15H,4,9-11,21H2,1-3H3,(H,22,26)(H,23,24,25);1H. The molecule has 0 spiro atoms. The zero-order valence-corrected chi connectivity index (χ0v) is 17.2. The first kappa shape index (κ1) is 22.3. The number of rotatable bonds is 6. The van der Waals surface area contributed by atoms with Crippen LogP contribution in [0.25, 0.3) is 0 Å². The van der Waals surface area contributed by atoms with Crippen LogP contribution in [0.3, 0.4) is 0 Å². The summed E-state index contributed by atoms with van der Waals surface area (Å²) in [6.45, 7) is 6.43. The summed E-state index contributed by atoms with van der Waals surface area (Å²) in [4.78, 5) is 35.7. The third-order valence-corrected chi connectivity index (χ3v) is 5.99. The summed E-state index contributed by atoms with van der Waals surface area (Å²) in [6.07, 6.45) is 1.18. The van der Waals surface area contributed by atoms with E-state index in [1.807, 2.05) is 32.9 Å². The molecule has 1 aliphatic carbocycles. The number of halogens is 1. The van der Waals surface area contributed by atoms with Crippen LogP contribution in [0.2, 0.25) is 0 Å². The van der Waals surface area contributed by atoms with Crippen LogP contribution in [0.15, 0.2) is 24.3 Å². The number of hydrogen-bond donors (Lipinski definition) is 3. The Kier molecular flexibility index (Phi) is 6.53. The van der Waals surface area contributed by atoms with Gasteiger partial charge in [0.15, 0.2) is 0 Å². The van der Waals surface area contributed by atoms with Crippen molar-refractivity contribution in [1.82, 2.24) is 5.32 Å². The van der Waals surface area contributed by atoms with Crippen molar-refractivity contribution in [1.29, 1.82) is 0 Å². The monoisotopic (exact) mass is 409 g/mol. The first-order valence-corrected chi connectivity index (χ1v) is 9.32. The molecule has 8 heteroatoms. The van der Waals surface area contributed by atoms with Gasteiger partial charge in [-0.3, -0.25) is 19.7 Å². The maximum absolute atomic E-state index is 12.7. The Morgan fingerprint density at radius 1 is 1.29 bits per heavy atom. The van der Waals surface area contributed by atoms with Gasteiger partial charge >= 0.3 is 0 Å². The van der Waals surface area contributed by atoms with Gasteiger partial charge in [0.25, 0.3) is 0 Å². The zero-order chi connectivity index (χ0) is 19.8. The number of imide groups is 1. The van der Waals surface area contributed by atoms with Crippen molar-refractivity contribution < 1.29 is 19.1 Å². The zero-order valence-electron chi connectivity index (χ0n) is 16.4. The molecule has 154 valence electrons. The molecule has 7 nitrogen and oxygen atoms in total. The van der Waals surface area contributed by atoms with Crippen LogP contribution >= 0.6 is 12.4 Å². The molecule has 1 heterocycles. The quantitative estimate of drug-likeness (QED) is 0.620. The fourth-order valence-corrected chi connectivity index (χ4v) is 3.84. The van der Waals surface area contributed by atoms with Crippen LogP contribution in [0.5, 0.6) is 0 Å². The van der Waals surface area contributed by atoms with Gasteiger partial charge in [-0.05, 0) is 31.0 Å². The molecule has 3 atom stereocenters. The van der Waals surface area contributed by atoms with E-state index in [0.29, 0.717) is 25.1 Å². The van der Waals surface area contributed by atoms with Crippen LogP contribution < -0.4 is 16.4 Å². The number of benzene rings is 1. The summed E-state index contributed by atoms with van der Waals surface area (Å²) in [5.41, 5.74) is 6.55. The van der Waals surface area contributed by atoms with Gasteiger partial charge in [0.2, 0.25) is 17.7 Å². The Bertz CT molecular complexity index is 765. The van der Waals surface area contributed by atoms with Crippen molar-refractivity contribution in [3.63, 3.8) is 0 Å². The van der Waals surface area contributed by atoms with Gasteiger partial charge in [0.1, 0.15) is 5.54 Å². The molecule has 3 rings (SSSR count). The van der Waals surface area contributed by atoms with Gasteiger partial charge in [-0.25, -0.2) is 0 Å². The van der Waals surface area contributed by atoms with Crippen molar-refractivity contribution in [3.05, 3.63) is 29.8 Å². The summed E-state index contributed by atoms with van der Waals surface area (Å²) < 4.78 is 5.67. The Morgan fingerprint density at radius 2 is 1.93 bits per heavy atom. The highest BCUT2D eigenvalue weighted by Gasteiger charge is 2.62. The van der Waals surface area contributed by atoms with Crippen LogP contribution in [0.1, 0.15) is 39.2 Å². The highest BCUT2D eigenvalue weighted by Crippen LogP contribution is 2.50. The Hall–Kier alpha value is -1.96. The van der Waals surface area contributed by atoms with Crippen molar-refractivity contribution >= 4 is 35.8 Å². The minimum absolute atomic E-state index is 0. The number of nitrogens with one attached hydrogen (secondary N) is 2. The number of nitrogens with two attached hydrogens (primary N) is 1. The summed E-state index contributed by atoms with van der Waals surface area (Å²) in [7, 11) is 0. The second-order valence-corrected chi connectivity index (χ2v) is 8.01. The lowest BCUT2D eigenvalue weighted by Crippen LogP contribution is -2.74. The first-order chi connectivity index (χ1) is 12.7. The molecule has 0 aromatic heterocycles. The van der Waals surface area contributed by atoms with Crippen molar-refractivity contribution in [2.45, 2.75) is 51.7 Å². The number of carbonyl (C=O) groups excluding carboxylic acids is 3. The second kappa shape index (κ2) is 8.19. The smallest absolute Gasteiger partial charge is 0.245 e. The van der Waals surface area contributed by atoms with Gasteiger partial charge in [-0.2, -0.15) is 0 Å². The minimum atomic E-state index is -0.978. The van der Waals surface area contributed by atoms with E-state index in [2.05, 4.69) is 10.6 Å². The number of carbonyl (C=O) groups is 3. The molecular formula is C20H28ClN3O4. The van der Waals surface area contributed by atoms with E-state index in [4.69, 9.17) is 10.5 Å². The highest BCUT2D eigenvalue weighted by molar-refractivity contribution is 6.03. The number of amides is 3. The number of anilines is 1. The van der Waals surface area contributed by atoms with Gasteiger partial charge in [-0.15, -0.1) is 12.4 Å². The molecule has 1 saturated heterocycles. The first-order valence-electron chi connectivity index (χ1n) is 9.32. The predicted octanol–water partition coefficient (Wildman–Crippen LogP) is 1.78. The second-order valence-electron chi connectivity index (χ2n) is 8.01. The Balaban J connectivity index is 0.00000280. The molecule has 2 fully saturated rings. The van der Waals surface area contributed by atoms with Crippen molar-refractivity contribution in [2.24, 2.45) is 17.1 Å². The molecule has 1 aromatic carbocycles. The number of hydrogen-bond acceptors (Lipinski definition) is 5. The molecule has 1 saturated carbocycles. The van der Waals surface area contributed by atoms with Crippen LogP contribution in [0, 0.1) is 11.3 Å². The van der Waals surface area contributed by atoms with Crippen LogP contribution in [-0.4, -0.2) is 36.0 Å². The van der Waals surface area contributed by atoms with Crippen molar-refractivity contribution in [2.75, 3.05) is 11.9 Å². The largest absolute Gasteiger partial charge is 0.378 e. The predicted molar refractivity (Wildman–Crippen MR) is 108 cm³/mol. The molecule has 3 amide bonds. The summed E-state index contributed by atoms with van der Waals surface area (Å²) in [5, 5.41) is 5.20. The van der Waals surface area contributed by atoms with Crippen LogP contribution in [-0.2, 0) is 25.5 Å². The molecule has 1 aliphatic heterocycles. The van der Waals surface area contributed by atoms with Crippen molar-refractivity contribution in [3.8, 4) is 0 Å². The van der Waals surface area contributed by atoms with Gasteiger partial charge in [-0.1, -0.05) is 26.0 Å². The number of ether oxygens (including phenoxy) is 1. The lowest BCUT2D eigenvalue weighted by atomic mass is 9.54.